The van der Waals surface area contributed by atoms with E-state index in [1.165, 1.54) is 24.3 Å². The average Bonchev–Trinajstić information content (AvgIpc) is 3.01. The first-order chi connectivity index (χ1) is 15.0. The fourth-order valence-electron chi connectivity index (χ4n) is 3.40. The Hall–Kier alpha value is -3.93. The maximum absolute atomic E-state index is 13.4. The molecule has 156 valence electrons. The van der Waals surface area contributed by atoms with Gasteiger partial charge in [-0.2, -0.15) is 0 Å². The Labute approximate surface area is 179 Å². The van der Waals surface area contributed by atoms with E-state index in [1.54, 1.807) is 36.4 Å². The molecule has 1 aliphatic rings. The zero-order chi connectivity index (χ0) is 22.0. The summed E-state index contributed by atoms with van der Waals surface area (Å²) in [7, 11) is 0. The predicted octanol–water partition coefficient (Wildman–Crippen LogP) is 4.93. The lowest BCUT2D eigenvalue weighted by molar-refractivity contribution is -0.120. The van der Waals surface area contributed by atoms with Crippen molar-refractivity contribution in [3.05, 3.63) is 95.4 Å². The summed E-state index contributed by atoms with van der Waals surface area (Å²) >= 11 is 0. The van der Waals surface area contributed by atoms with E-state index in [9.17, 15) is 14.0 Å². The van der Waals surface area contributed by atoms with Crippen LogP contribution in [0.4, 0.5) is 15.8 Å². The first-order valence-electron chi connectivity index (χ1n) is 9.93. The highest BCUT2D eigenvalue weighted by atomic mass is 19.1. The van der Waals surface area contributed by atoms with E-state index < -0.39 is 11.8 Å². The molecule has 5 nitrogen and oxygen atoms in total. The highest BCUT2D eigenvalue weighted by Gasteiger charge is 2.40. The molecule has 1 N–H and O–H groups in total. The molecule has 0 aliphatic carbocycles. The largest absolute Gasteiger partial charge is 0.494 e. The summed E-state index contributed by atoms with van der Waals surface area (Å²) in [5.74, 6) is -0.613. The van der Waals surface area contributed by atoms with E-state index in [0.717, 1.165) is 10.5 Å². The number of carbonyl (C=O) groups is 2. The van der Waals surface area contributed by atoms with Crippen molar-refractivity contribution in [1.82, 2.24) is 0 Å². The number of anilines is 2. The van der Waals surface area contributed by atoms with Gasteiger partial charge in [-0.05, 0) is 67.9 Å². The van der Waals surface area contributed by atoms with Crippen molar-refractivity contribution >= 4 is 28.8 Å². The molecular weight excluding hydrogens is 395 g/mol. The van der Waals surface area contributed by atoms with Crippen molar-refractivity contribution < 1.29 is 18.7 Å². The van der Waals surface area contributed by atoms with Crippen molar-refractivity contribution in [3.8, 4) is 5.75 Å². The number of aryl methyl sites for hydroxylation is 1. The topological polar surface area (TPSA) is 58.6 Å². The van der Waals surface area contributed by atoms with Crippen LogP contribution in [0.2, 0.25) is 0 Å². The Kier molecular flexibility index (Phi) is 5.54. The summed E-state index contributed by atoms with van der Waals surface area (Å²) in [6.07, 6.45) is 0. The molecule has 3 aromatic carbocycles. The first kappa shape index (κ1) is 20.3. The van der Waals surface area contributed by atoms with Gasteiger partial charge in [-0.3, -0.25) is 9.59 Å². The molecule has 3 aromatic rings. The van der Waals surface area contributed by atoms with Crippen LogP contribution in [0.3, 0.4) is 0 Å². The van der Waals surface area contributed by atoms with Gasteiger partial charge in [0.05, 0.1) is 17.9 Å². The molecule has 0 saturated carbocycles. The van der Waals surface area contributed by atoms with Gasteiger partial charge in [0.1, 0.15) is 17.3 Å². The predicted molar refractivity (Wildman–Crippen MR) is 118 cm³/mol. The number of imide groups is 1. The Morgan fingerprint density at radius 3 is 2.13 bits per heavy atom. The molecule has 1 aliphatic heterocycles. The lowest BCUT2D eigenvalue weighted by atomic mass is 10.0. The van der Waals surface area contributed by atoms with Crippen LogP contribution in [0.5, 0.6) is 5.75 Å². The highest BCUT2D eigenvalue weighted by molar-refractivity contribution is 6.46. The third kappa shape index (κ3) is 4.05. The van der Waals surface area contributed by atoms with E-state index in [-0.39, 0.29) is 17.1 Å². The fraction of sp³-hybridized carbons (Fsp3) is 0.120. The molecule has 0 radical (unpaired) electrons. The average molecular weight is 416 g/mol. The number of hydrogen-bond donors (Lipinski definition) is 1. The number of amides is 2. The van der Waals surface area contributed by atoms with Gasteiger partial charge in [-0.1, -0.05) is 29.8 Å². The van der Waals surface area contributed by atoms with Crippen LogP contribution in [0.1, 0.15) is 18.1 Å². The molecule has 6 heteroatoms. The molecule has 0 unspecified atom stereocenters. The summed E-state index contributed by atoms with van der Waals surface area (Å²) in [4.78, 5) is 27.8. The van der Waals surface area contributed by atoms with Crippen LogP contribution >= 0.6 is 0 Å². The number of halogens is 1. The second-order valence-corrected chi connectivity index (χ2v) is 7.12. The standard InChI is InChI=1S/C25H21FN2O3/c1-3-31-21-14-6-17(7-15-21)22-23(27-19-10-8-18(26)9-11-19)25(30)28(24(22)29)20-12-4-16(2)5-13-20/h4-15,27H,3H2,1-2H3. The maximum Gasteiger partial charge on any atom is 0.282 e. The summed E-state index contributed by atoms with van der Waals surface area (Å²) in [6.45, 7) is 4.35. The Morgan fingerprint density at radius 1 is 0.871 bits per heavy atom. The van der Waals surface area contributed by atoms with Crippen molar-refractivity contribution in [3.63, 3.8) is 0 Å². The summed E-state index contributed by atoms with van der Waals surface area (Å²) in [6, 6.07) is 19.8. The second kappa shape index (κ2) is 8.44. The van der Waals surface area contributed by atoms with Gasteiger partial charge in [0.15, 0.2) is 0 Å². The molecule has 31 heavy (non-hydrogen) atoms. The molecule has 4 rings (SSSR count). The number of benzene rings is 3. The normalized spacial score (nSPS) is 13.7. The molecule has 2 amide bonds. The fourth-order valence-corrected chi connectivity index (χ4v) is 3.40. The van der Waals surface area contributed by atoms with Gasteiger partial charge in [0, 0.05) is 5.69 Å². The molecule has 0 spiro atoms. The molecule has 0 aromatic heterocycles. The molecular formula is C25H21FN2O3. The lowest BCUT2D eigenvalue weighted by Gasteiger charge is -2.15. The minimum atomic E-state index is -0.470. The van der Waals surface area contributed by atoms with Crippen LogP contribution in [0, 0.1) is 12.7 Å². The third-order valence-corrected chi connectivity index (χ3v) is 4.94. The molecule has 0 bridgehead atoms. The number of rotatable bonds is 6. The van der Waals surface area contributed by atoms with Gasteiger partial charge >= 0.3 is 0 Å². The van der Waals surface area contributed by atoms with Gasteiger partial charge in [-0.15, -0.1) is 0 Å². The van der Waals surface area contributed by atoms with Crippen LogP contribution < -0.4 is 15.0 Å². The zero-order valence-corrected chi connectivity index (χ0v) is 17.2. The summed E-state index contributed by atoms with van der Waals surface area (Å²) in [5, 5.41) is 3.02. The van der Waals surface area contributed by atoms with E-state index in [2.05, 4.69) is 5.32 Å². The van der Waals surface area contributed by atoms with Crippen LogP contribution in [0.25, 0.3) is 5.57 Å². The Balaban J connectivity index is 1.78. The van der Waals surface area contributed by atoms with E-state index in [4.69, 9.17) is 4.74 Å². The van der Waals surface area contributed by atoms with Gasteiger partial charge in [0.2, 0.25) is 0 Å². The quantitative estimate of drug-likeness (QED) is 0.579. The molecule has 0 fully saturated rings. The van der Waals surface area contributed by atoms with Gasteiger partial charge < -0.3 is 10.1 Å². The Morgan fingerprint density at radius 2 is 1.52 bits per heavy atom. The summed E-state index contributed by atoms with van der Waals surface area (Å²) < 4.78 is 18.8. The van der Waals surface area contributed by atoms with E-state index >= 15 is 0 Å². The number of ether oxygens (including phenoxy) is 1. The number of nitrogens with zero attached hydrogens (tertiary/aromatic N) is 1. The minimum Gasteiger partial charge on any atom is -0.494 e. The second-order valence-electron chi connectivity index (χ2n) is 7.12. The van der Waals surface area contributed by atoms with Crippen LogP contribution in [-0.4, -0.2) is 18.4 Å². The zero-order valence-electron chi connectivity index (χ0n) is 17.2. The maximum atomic E-state index is 13.4. The molecule has 0 atom stereocenters. The number of nitrogens with one attached hydrogen (secondary N) is 1. The Bertz CT molecular complexity index is 1150. The summed E-state index contributed by atoms with van der Waals surface area (Å²) in [5.41, 5.74) is 2.99. The molecule has 0 saturated heterocycles. The highest BCUT2D eigenvalue weighted by Crippen LogP contribution is 2.34. The van der Waals surface area contributed by atoms with Crippen molar-refractivity contribution in [1.29, 1.82) is 0 Å². The van der Waals surface area contributed by atoms with Crippen molar-refractivity contribution in [2.45, 2.75) is 13.8 Å². The van der Waals surface area contributed by atoms with Crippen LogP contribution in [0.15, 0.2) is 78.5 Å². The smallest absolute Gasteiger partial charge is 0.282 e. The van der Waals surface area contributed by atoms with Gasteiger partial charge in [0.25, 0.3) is 11.8 Å². The van der Waals surface area contributed by atoms with Crippen molar-refractivity contribution in [2.75, 3.05) is 16.8 Å². The van der Waals surface area contributed by atoms with Gasteiger partial charge in [-0.25, -0.2) is 9.29 Å². The molecule has 1 heterocycles. The lowest BCUT2D eigenvalue weighted by Crippen LogP contribution is -2.32. The first-order valence-corrected chi connectivity index (χ1v) is 9.93. The van der Waals surface area contributed by atoms with E-state index in [0.29, 0.717) is 29.3 Å². The third-order valence-electron chi connectivity index (χ3n) is 4.94. The number of hydrogen-bond acceptors (Lipinski definition) is 4. The van der Waals surface area contributed by atoms with Crippen molar-refractivity contribution in [2.24, 2.45) is 0 Å². The SMILES string of the molecule is CCOc1ccc(C2=C(Nc3ccc(F)cc3)C(=O)N(c3ccc(C)cc3)C2=O)cc1. The number of carbonyl (C=O) groups excluding carboxylic acids is 2. The minimum absolute atomic E-state index is 0.140. The monoisotopic (exact) mass is 416 g/mol. The van der Waals surface area contributed by atoms with E-state index in [1.807, 2.05) is 26.0 Å². The van der Waals surface area contributed by atoms with Crippen LogP contribution in [-0.2, 0) is 9.59 Å².